The Bertz CT molecular complexity index is 1240. The molecule has 1 fully saturated rings. The molecule has 208 valence electrons. The highest BCUT2D eigenvalue weighted by atomic mass is 35.5. The zero-order valence-corrected chi connectivity index (χ0v) is 24.8. The zero-order valence-electron chi connectivity index (χ0n) is 22.5. The molecule has 0 aromatic heterocycles. The molecule has 3 rings (SSSR count). The molecule has 1 saturated carbocycles. The summed E-state index contributed by atoms with van der Waals surface area (Å²) in [6, 6.07) is 9.66. The largest absolute Gasteiger partial charge is 0.352 e. The van der Waals surface area contributed by atoms with Crippen molar-refractivity contribution in [3.63, 3.8) is 0 Å². The van der Waals surface area contributed by atoms with Gasteiger partial charge in [0.25, 0.3) is 0 Å². The lowest BCUT2D eigenvalue weighted by atomic mass is 9.95. The highest BCUT2D eigenvalue weighted by molar-refractivity contribution is 7.92. The molecule has 0 bridgehead atoms. The number of anilines is 1. The van der Waals surface area contributed by atoms with Gasteiger partial charge in [-0.15, -0.1) is 0 Å². The summed E-state index contributed by atoms with van der Waals surface area (Å²) in [6.07, 6.45) is 6.48. The Balaban J connectivity index is 1.98. The van der Waals surface area contributed by atoms with Crippen LogP contribution in [0.3, 0.4) is 0 Å². The first-order valence-electron chi connectivity index (χ1n) is 13.0. The van der Waals surface area contributed by atoms with Crippen molar-refractivity contribution < 1.29 is 18.0 Å². The zero-order chi connectivity index (χ0) is 28.0. The number of sulfonamides is 1. The van der Waals surface area contributed by atoms with Crippen molar-refractivity contribution in [2.75, 3.05) is 17.1 Å². The summed E-state index contributed by atoms with van der Waals surface area (Å²) in [4.78, 5) is 28.8. The van der Waals surface area contributed by atoms with E-state index in [0.717, 1.165) is 53.8 Å². The minimum Gasteiger partial charge on any atom is -0.352 e. The fourth-order valence-corrected chi connectivity index (χ4v) is 6.42. The van der Waals surface area contributed by atoms with E-state index in [9.17, 15) is 18.0 Å². The maximum Gasteiger partial charge on any atom is 0.244 e. The number of carbonyl (C=O) groups is 2. The van der Waals surface area contributed by atoms with Crippen molar-refractivity contribution in [2.45, 2.75) is 77.9 Å². The van der Waals surface area contributed by atoms with Gasteiger partial charge in [0.1, 0.15) is 12.6 Å². The van der Waals surface area contributed by atoms with Crippen LogP contribution in [0.25, 0.3) is 0 Å². The molecule has 0 spiro atoms. The van der Waals surface area contributed by atoms with Crippen LogP contribution < -0.4 is 9.62 Å². The van der Waals surface area contributed by atoms with E-state index >= 15 is 0 Å². The van der Waals surface area contributed by atoms with Gasteiger partial charge in [0, 0.05) is 28.2 Å². The fraction of sp³-hybridized carbons (Fsp3) is 0.500. The molecule has 10 heteroatoms. The number of benzene rings is 2. The molecule has 1 aliphatic rings. The van der Waals surface area contributed by atoms with Crippen LogP contribution in [0.4, 0.5) is 5.69 Å². The number of amides is 2. The van der Waals surface area contributed by atoms with E-state index in [-0.39, 0.29) is 18.5 Å². The average Bonchev–Trinajstić information content (AvgIpc) is 2.84. The summed E-state index contributed by atoms with van der Waals surface area (Å²) in [5.41, 5.74) is 2.63. The van der Waals surface area contributed by atoms with Crippen molar-refractivity contribution in [3.8, 4) is 0 Å². The van der Waals surface area contributed by atoms with Crippen LogP contribution in [-0.4, -0.2) is 50.0 Å². The number of halogens is 2. The van der Waals surface area contributed by atoms with Crippen molar-refractivity contribution in [2.24, 2.45) is 0 Å². The number of hydrogen-bond acceptors (Lipinski definition) is 4. The number of nitrogens with zero attached hydrogens (tertiary/aromatic N) is 2. The second-order valence-corrected chi connectivity index (χ2v) is 12.8. The van der Waals surface area contributed by atoms with Gasteiger partial charge in [-0.25, -0.2) is 8.42 Å². The van der Waals surface area contributed by atoms with Crippen LogP contribution >= 0.6 is 23.2 Å². The van der Waals surface area contributed by atoms with E-state index < -0.39 is 28.5 Å². The molecule has 0 saturated heterocycles. The maximum absolute atomic E-state index is 13.9. The van der Waals surface area contributed by atoms with Gasteiger partial charge in [-0.3, -0.25) is 13.9 Å². The molecule has 7 nitrogen and oxygen atoms in total. The van der Waals surface area contributed by atoms with Gasteiger partial charge >= 0.3 is 0 Å². The smallest absolute Gasteiger partial charge is 0.244 e. The van der Waals surface area contributed by atoms with Crippen molar-refractivity contribution >= 4 is 50.7 Å². The molecule has 0 aliphatic heterocycles. The summed E-state index contributed by atoms with van der Waals surface area (Å²) in [6.45, 7) is 5.06. The Morgan fingerprint density at radius 3 is 2.24 bits per heavy atom. The van der Waals surface area contributed by atoms with Crippen LogP contribution in [0.1, 0.15) is 62.1 Å². The second kappa shape index (κ2) is 13.2. The molecule has 0 heterocycles. The topological polar surface area (TPSA) is 86.8 Å². The van der Waals surface area contributed by atoms with Crippen LogP contribution in [0.15, 0.2) is 36.4 Å². The predicted molar refractivity (Wildman–Crippen MR) is 154 cm³/mol. The lowest BCUT2D eigenvalue weighted by molar-refractivity contribution is -0.140. The molecular weight excluding hydrogens is 545 g/mol. The first-order valence-corrected chi connectivity index (χ1v) is 15.6. The van der Waals surface area contributed by atoms with Gasteiger partial charge in [0.15, 0.2) is 0 Å². The quantitative estimate of drug-likeness (QED) is 0.393. The van der Waals surface area contributed by atoms with Crippen molar-refractivity contribution in [1.82, 2.24) is 10.2 Å². The molecule has 2 aromatic carbocycles. The van der Waals surface area contributed by atoms with Crippen LogP contribution in [-0.2, 0) is 26.2 Å². The minimum atomic E-state index is -3.81. The van der Waals surface area contributed by atoms with E-state index in [4.69, 9.17) is 23.2 Å². The average molecular weight is 583 g/mol. The summed E-state index contributed by atoms with van der Waals surface area (Å²) < 4.78 is 26.8. The Hall–Kier alpha value is -2.29. The summed E-state index contributed by atoms with van der Waals surface area (Å²) in [5, 5.41) is 3.86. The van der Waals surface area contributed by atoms with E-state index in [1.54, 1.807) is 37.3 Å². The van der Waals surface area contributed by atoms with Crippen LogP contribution in [0.2, 0.25) is 10.0 Å². The summed E-state index contributed by atoms with van der Waals surface area (Å²) >= 11 is 12.9. The monoisotopic (exact) mass is 581 g/mol. The van der Waals surface area contributed by atoms with Crippen LogP contribution in [0.5, 0.6) is 0 Å². The number of nitrogens with one attached hydrogen (secondary N) is 1. The number of carbonyl (C=O) groups excluding carboxylic acids is 2. The van der Waals surface area contributed by atoms with Crippen LogP contribution in [0, 0.1) is 13.8 Å². The number of aryl methyl sites for hydroxylation is 2. The van der Waals surface area contributed by atoms with E-state index in [0.29, 0.717) is 27.7 Å². The standard InChI is InChI=1S/C28H37Cl2N3O4S/c1-5-25(28(35)31-21-10-7-6-8-11-21)32(17-22-23(29)12-9-13-24(22)30)27(34)18-33(38(4,36)37)26-15-14-19(2)16-20(26)3/h9,12-16,21,25H,5-8,10-11,17-18H2,1-4H3,(H,31,35)/t25-/m1/s1. The van der Waals surface area contributed by atoms with Gasteiger partial charge in [0.2, 0.25) is 21.8 Å². The predicted octanol–water partition coefficient (Wildman–Crippen LogP) is 5.63. The third-order valence-corrected chi connectivity index (χ3v) is 8.86. The lowest BCUT2D eigenvalue weighted by Crippen LogP contribution is -2.54. The third-order valence-electron chi connectivity index (χ3n) is 7.03. The van der Waals surface area contributed by atoms with E-state index in [2.05, 4.69) is 5.32 Å². The summed E-state index contributed by atoms with van der Waals surface area (Å²) in [7, 11) is -3.81. The van der Waals surface area contributed by atoms with Gasteiger partial charge in [0.05, 0.1) is 11.9 Å². The number of rotatable bonds is 10. The van der Waals surface area contributed by atoms with Gasteiger partial charge in [-0.1, -0.05) is 73.2 Å². The molecule has 0 unspecified atom stereocenters. The SMILES string of the molecule is CC[C@H](C(=O)NC1CCCCC1)N(Cc1c(Cl)cccc1Cl)C(=O)CN(c1ccc(C)cc1C)S(C)(=O)=O. The van der Waals surface area contributed by atoms with Gasteiger partial charge in [-0.2, -0.15) is 0 Å². The second-order valence-electron chi connectivity index (χ2n) is 10.0. The molecule has 38 heavy (non-hydrogen) atoms. The molecular formula is C28H37Cl2N3O4S. The Labute approximate surface area is 236 Å². The molecule has 1 atom stereocenters. The highest BCUT2D eigenvalue weighted by Crippen LogP contribution is 2.29. The molecule has 0 radical (unpaired) electrons. The molecule has 1 aliphatic carbocycles. The summed E-state index contributed by atoms with van der Waals surface area (Å²) in [5.74, 6) is -0.773. The first kappa shape index (κ1) is 30.3. The number of hydrogen-bond donors (Lipinski definition) is 1. The third kappa shape index (κ3) is 7.64. The Morgan fingerprint density at radius 2 is 1.68 bits per heavy atom. The normalized spacial score (nSPS) is 15.1. The van der Waals surface area contributed by atoms with Crippen molar-refractivity contribution in [1.29, 1.82) is 0 Å². The van der Waals surface area contributed by atoms with E-state index in [1.165, 1.54) is 4.90 Å². The lowest BCUT2D eigenvalue weighted by Gasteiger charge is -2.34. The Kier molecular flexibility index (Phi) is 10.5. The maximum atomic E-state index is 13.9. The van der Waals surface area contributed by atoms with Crippen molar-refractivity contribution in [3.05, 3.63) is 63.1 Å². The molecule has 2 aromatic rings. The molecule has 1 N–H and O–H groups in total. The van der Waals surface area contributed by atoms with Gasteiger partial charge < -0.3 is 10.2 Å². The molecule has 2 amide bonds. The highest BCUT2D eigenvalue weighted by Gasteiger charge is 2.33. The Morgan fingerprint density at radius 1 is 1.05 bits per heavy atom. The van der Waals surface area contributed by atoms with E-state index in [1.807, 2.05) is 19.9 Å². The minimum absolute atomic E-state index is 0.0293. The van der Waals surface area contributed by atoms with Gasteiger partial charge in [-0.05, 0) is 56.9 Å². The first-order chi connectivity index (χ1) is 17.9. The fourth-order valence-electron chi connectivity index (χ4n) is 5.00.